The van der Waals surface area contributed by atoms with E-state index in [0.717, 1.165) is 44.3 Å². The van der Waals surface area contributed by atoms with Crippen LogP contribution in [0.2, 0.25) is 0 Å². The van der Waals surface area contributed by atoms with Gasteiger partial charge in [0.25, 0.3) is 0 Å². The van der Waals surface area contributed by atoms with Gasteiger partial charge in [-0.05, 0) is 70.1 Å². The first-order valence-corrected chi connectivity index (χ1v) is 10.7. The molecule has 0 bridgehead atoms. The van der Waals surface area contributed by atoms with Gasteiger partial charge in [0.1, 0.15) is 5.60 Å². The topological polar surface area (TPSA) is 63.7 Å². The maximum atomic E-state index is 12.2. The van der Waals surface area contributed by atoms with Crippen LogP contribution in [-0.4, -0.2) is 44.4 Å². The average Bonchev–Trinajstić information content (AvgIpc) is 2.51. The van der Waals surface area contributed by atoms with Crippen LogP contribution in [0, 0.1) is 5.92 Å². The minimum absolute atomic E-state index is 0.227. The Balaban J connectivity index is 1.87. The predicted molar refractivity (Wildman–Crippen MR) is 98.4 cm³/mol. The largest absolute Gasteiger partial charge is 0.444 e. The van der Waals surface area contributed by atoms with Crippen LogP contribution < -0.4 is 0 Å². The second-order valence-corrected chi connectivity index (χ2v) is 9.91. The Bertz CT molecular complexity index is 689. The molecule has 2 rings (SSSR count). The Hall–Kier alpha value is -1.56. The summed E-state index contributed by atoms with van der Waals surface area (Å²) < 4.78 is 28.5. The Morgan fingerprint density at radius 2 is 1.88 bits per heavy atom. The molecule has 6 heteroatoms. The fourth-order valence-corrected chi connectivity index (χ4v) is 3.70. The molecule has 0 aliphatic carbocycles. The van der Waals surface area contributed by atoms with Crippen molar-refractivity contribution in [1.82, 2.24) is 4.90 Å². The highest BCUT2D eigenvalue weighted by Gasteiger charge is 2.27. The minimum atomic E-state index is -3.14. The molecule has 0 unspecified atom stereocenters. The van der Waals surface area contributed by atoms with Gasteiger partial charge in [0.2, 0.25) is 0 Å². The van der Waals surface area contributed by atoms with Crippen molar-refractivity contribution in [3.8, 4) is 0 Å². The molecule has 0 N–H and O–H groups in total. The number of benzene rings is 1. The molecule has 5 nitrogen and oxygen atoms in total. The summed E-state index contributed by atoms with van der Waals surface area (Å²) in [7, 11) is -3.14. The van der Waals surface area contributed by atoms with Gasteiger partial charge < -0.3 is 9.64 Å². The van der Waals surface area contributed by atoms with Gasteiger partial charge >= 0.3 is 6.09 Å². The zero-order valence-corrected chi connectivity index (χ0v) is 16.4. The van der Waals surface area contributed by atoms with Crippen LogP contribution in [0.25, 0.3) is 0 Å². The van der Waals surface area contributed by atoms with E-state index in [1.807, 2.05) is 37.8 Å². The number of sulfone groups is 1. The number of carbonyl (C=O) groups excluding carboxylic acids is 1. The number of nitrogens with zero attached hydrogens (tertiary/aromatic N) is 1. The molecule has 1 aliphatic heterocycles. The minimum Gasteiger partial charge on any atom is -0.444 e. The van der Waals surface area contributed by atoms with Gasteiger partial charge in [0.15, 0.2) is 9.84 Å². The molecule has 1 saturated heterocycles. The van der Waals surface area contributed by atoms with Crippen molar-refractivity contribution in [3.05, 3.63) is 29.8 Å². The highest BCUT2D eigenvalue weighted by Crippen LogP contribution is 2.23. The van der Waals surface area contributed by atoms with E-state index in [2.05, 4.69) is 0 Å². The Morgan fingerprint density at radius 3 is 2.44 bits per heavy atom. The first kappa shape index (κ1) is 19.8. The van der Waals surface area contributed by atoms with Crippen molar-refractivity contribution in [1.29, 1.82) is 0 Å². The monoisotopic (exact) mass is 367 g/mol. The summed E-state index contributed by atoms with van der Waals surface area (Å²) in [6.07, 6.45) is 4.97. The van der Waals surface area contributed by atoms with Crippen LogP contribution >= 0.6 is 0 Å². The van der Waals surface area contributed by atoms with Gasteiger partial charge in [-0.3, -0.25) is 0 Å². The van der Waals surface area contributed by atoms with Gasteiger partial charge in [0.05, 0.1) is 4.90 Å². The lowest BCUT2D eigenvalue weighted by atomic mass is 9.92. The molecule has 25 heavy (non-hydrogen) atoms. The summed E-state index contributed by atoms with van der Waals surface area (Å²) in [6, 6.07) is 7.09. The Kier molecular flexibility index (Phi) is 6.14. The summed E-state index contributed by atoms with van der Waals surface area (Å²) in [5, 5.41) is 0. The number of ether oxygens (including phenoxy) is 1. The van der Waals surface area contributed by atoms with Crippen LogP contribution in [0.15, 0.2) is 29.2 Å². The third kappa shape index (κ3) is 6.34. The summed E-state index contributed by atoms with van der Waals surface area (Å²) in [4.78, 5) is 14.4. The van der Waals surface area contributed by atoms with Crippen molar-refractivity contribution in [2.24, 2.45) is 5.92 Å². The normalized spacial score (nSPS) is 18.9. The van der Waals surface area contributed by atoms with E-state index >= 15 is 0 Å². The molecule has 1 aromatic rings. The lowest BCUT2D eigenvalue weighted by Crippen LogP contribution is -2.42. The molecule has 1 atom stereocenters. The van der Waals surface area contributed by atoms with Gasteiger partial charge in [-0.2, -0.15) is 0 Å². The Labute approximate surface area is 151 Å². The van der Waals surface area contributed by atoms with Crippen LogP contribution in [0.4, 0.5) is 4.79 Å². The predicted octanol–water partition coefficient (Wildman–Crippen LogP) is 3.67. The molecule has 1 aromatic carbocycles. The summed E-state index contributed by atoms with van der Waals surface area (Å²) in [5.74, 6) is 0.454. The Morgan fingerprint density at radius 1 is 1.24 bits per heavy atom. The SMILES string of the molecule is CC(C)(C)OC(=O)N1CCC[C@H](CCc2ccc(S(C)(=O)=O)cc2)C1. The smallest absolute Gasteiger partial charge is 0.410 e. The van der Waals surface area contributed by atoms with Crippen LogP contribution in [0.3, 0.4) is 0 Å². The number of carbonyl (C=O) groups is 1. The lowest BCUT2D eigenvalue weighted by molar-refractivity contribution is 0.0162. The second-order valence-electron chi connectivity index (χ2n) is 7.89. The number of hydrogen-bond acceptors (Lipinski definition) is 4. The van der Waals surface area contributed by atoms with Crippen LogP contribution in [0.1, 0.15) is 45.6 Å². The maximum absolute atomic E-state index is 12.2. The highest BCUT2D eigenvalue weighted by atomic mass is 32.2. The van der Waals surface area contributed by atoms with E-state index in [4.69, 9.17) is 4.74 Å². The number of rotatable bonds is 4. The fraction of sp³-hybridized carbons (Fsp3) is 0.632. The summed E-state index contributed by atoms with van der Waals surface area (Å²) in [5.41, 5.74) is 0.660. The molecule has 1 fully saturated rings. The molecule has 140 valence electrons. The number of hydrogen-bond donors (Lipinski definition) is 0. The summed E-state index contributed by atoms with van der Waals surface area (Å²) in [6.45, 7) is 7.14. The molecule has 0 radical (unpaired) electrons. The van der Waals surface area contributed by atoms with E-state index in [1.54, 1.807) is 12.1 Å². The standard InChI is InChI=1S/C19H29NO4S/c1-19(2,3)24-18(21)20-13-5-6-16(14-20)8-7-15-9-11-17(12-10-15)25(4,22)23/h9-12,16H,5-8,13-14H2,1-4H3/t16-/m1/s1. The average molecular weight is 368 g/mol. The van der Waals surface area contributed by atoms with Gasteiger partial charge in [-0.25, -0.2) is 13.2 Å². The molecule has 1 amide bonds. The molecule has 0 saturated carbocycles. The molecule has 1 aliphatic rings. The lowest BCUT2D eigenvalue weighted by Gasteiger charge is -2.34. The molecule has 0 spiro atoms. The van der Waals surface area contributed by atoms with E-state index in [0.29, 0.717) is 10.8 Å². The number of piperidine rings is 1. The van der Waals surface area contributed by atoms with Crippen molar-refractivity contribution in [3.63, 3.8) is 0 Å². The van der Waals surface area contributed by atoms with E-state index < -0.39 is 15.4 Å². The van der Waals surface area contributed by atoms with Crippen LogP contribution in [-0.2, 0) is 21.0 Å². The zero-order chi connectivity index (χ0) is 18.7. The molecule has 0 aromatic heterocycles. The number of aryl methyl sites for hydroxylation is 1. The van der Waals surface area contributed by atoms with Gasteiger partial charge in [-0.15, -0.1) is 0 Å². The fourth-order valence-electron chi connectivity index (χ4n) is 3.07. The summed E-state index contributed by atoms with van der Waals surface area (Å²) >= 11 is 0. The first-order chi connectivity index (χ1) is 11.5. The first-order valence-electron chi connectivity index (χ1n) is 8.81. The van der Waals surface area contributed by atoms with Crippen molar-refractivity contribution in [2.75, 3.05) is 19.3 Å². The molecule has 1 heterocycles. The third-order valence-corrected chi connectivity index (χ3v) is 5.49. The zero-order valence-electron chi connectivity index (χ0n) is 15.6. The third-order valence-electron chi connectivity index (χ3n) is 4.36. The van der Waals surface area contributed by atoms with Crippen LogP contribution in [0.5, 0.6) is 0 Å². The van der Waals surface area contributed by atoms with E-state index in [9.17, 15) is 13.2 Å². The quantitative estimate of drug-likeness (QED) is 0.814. The number of likely N-dealkylation sites (tertiary alicyclic amines) is 1. The van der Waals surface area contributed by atoms with Gasteiger partial charge in [-0.1, -0.05) is 12.1 Å². The number of amides is 1. The maximum Gasteiger partial charge on any atom is 0.410 e. The molecular weight excluding hydrogens is 338 g/mol. The van der Waals surface area contributed by atoms with E-state index in [-0.39, 0.29) is 6.09 Å². The van der Waals surface area contributed by atoms with Crippen molar-refractivity contribution >= 4 is 15.9 Å². The van der Waals surface area contributed by atoms with Crippen molar-refractivity contribution in [2.45, 2.75) is 57.0 Å². The van der Waals surface area contributed by atoms with Crippen molar-refractivity contribution < 1.29 is 17.9 Å². The second kappa shape index (κ2) is 7.77. The highest BCUT2D eigenvalue weighted by molar-refractivity contribution is 7.90. The van der Waals surface area contributed by atoms with E-state index in [1.165, 1.54) is 6.26 Å². The molecular formula is C19H29NO4S. The van der Waals surface area contributed by atoms with Gasteiger partial charge in [0, 0.05) is 19.3 Å².